The van der Waals surface area contributed by atoms with Crippen LogP contribution in [0.4, 0.5) is 0 Å². The highest BCUT2D eigenvalue weighted by Gasteiger charge is 2.33. The molecule has 0 saturated heterocycles. The summed E-state index contributed by atoms with van der Waals surface area (Å²) in [6, 6.07) is 13.3. The summed E-state index contributed by atoms with van der Waals surface area (Å²) in [6.45, 7) is 3.67. The van der Waals surface area contributed by atoms with Crippen LogP contribution in [0.25, 0.3) is 6.08 Å². The van der Waals surface area contributed by atoms with Gasteiger partial charge < -0.3 is 14.6 Å². The summed E-state index contributed by atoms with van der Waals surface area (Å²) in [6.07, 6.45) is 1.63. The number of ether oxygens (including phenoxy) is 2. The zero-order chi connectivity index (χ0) is 22.8. The molecule has 1 aliphatic rings. The van der Waals surface area contributed by atoms with Gasteiger partial charge in [-0.15, -0.1) is 0 Å². The Morgan fingerprint density at radius 2 is 2.03 bits per heavy atom. The number of benzene rings is 2. The van der Waals surface area contributed by atoms with Crippen molar-refractivity contribution in [2.24, 2.45) is 4.99 Å². The molecule has 3 aromatic rings. The molecule has 0 spiro atoms. The minimum Gasteiger partial charge on any atom is -0.507 e. The van der Waals surface area contributed by atoms with Gasteiger partial charge in [0, 0.05) is 5.56 Å². The Kier molecular flexibility index (Phi) is 5.96. The third-order valence-corrected chi connectivity index (χ3v) is 6.13. The molecular weight excluding hydrogens is 428 g/mol. The summed E-state index contributed by atoms with van der Waals surface area (Å²) in [4.78, 5) is 31.4. The Hall–Kier alpha value is -3.65. The second-order valence-corrected chi connectivity index (χ2v) is 8.15. The fraction of sp³-hybridized carbons (Fsp3) is 0.208. The number of esters is 1. The molecule has 0 aliphatic carbocycles. The van der Waals surface area contributed by atoms with Gasteiger partial charge in [0.15, 0.2) is 4.80 Å². The zero-order valence-electron chi connectivity index (χ0n) is 17.9. The van der Waals surface area contributed by atoms with E-state index in [1.165, 1.54) is 15.9 Å². The SMILES string of the molecule is CCOC(=O)C1=C(C)N=c2s/c(=C\c3ccccc3O)c(=O)n2[C@@H]1c1cccc(OC)c1. The van der Waals surface area contributed by atoms with Gasteiger partial charge >= 0.3 is 5.97 Å². The number of hydrogen-bond donors (Lipinski definition) is 1. The van der Waals surface area contributed by atoms with Gasteiger partial charge in [-0.25, -0.2) is 9.79 Å². The molecule has 0 fully saturated rings. The number of rotatable bonds is 5. The Labute approximate surface area is 188 Å². The Bertz CT molecular complexity index is 1400. The van der Waals surface area contributed by atoms with Crippen LogP contribution in [0.5, 0.6) is 11.5 Å². The molecule has 0 radical (unpaired) electrons. The van der Waals surface area contributed by atoms with Crippen molar-refractivity contribution in [1.82, 2.24) is 4.57 Å². The molecule has 32 heavy (non-hydrogen) atoms. The number of nitrogens with zero attached hydrogens (tertiary/aromatic N) is 2. The van der Waals surface area contributed by atoms with Crippen LogP contribution in [0.2, 0.25) is 0 Å². The number of carbonyl (C=O) groups excluding carboxylic acids is 1. The van der Waals surface area contributed by atoms with Crippen LogP contribution in [0.15, 0.2) is 69.6 Å². The fourth-order valence-electron chi connectivity index (χ4n) is 3.67. The second-order valence-electron chi connectivity index (χ2n) is 7.14. The van der Waals surface area contributed by atoms with E-state index in [9.17, 15) is 14.7 Å². The van der Waals surface area contributed by atoms with E-state index in [2.05, 4.69) is 4.99 Å². The quantitative estimate of drug-likeness (QED) is 0.604. The number of methoxy groups -OCH3 is 1. The lowest BCUT2D eigenvalue weighted by atomic mass is 9.95. The summed E-state index contributed by atoms with van der Waals surface area (Å²) < 4.78 is 12.6. The second kappa shape index (κ2) is 8.84. The molecule has 1 aliphatic heterocycles. The number of thiazole rings is 1. The van der Waals surface area contributed by atoms with Crippen molar-refractivity contribution in [3.8, 4) is 11.5 Å². The van der Waals surface area contributed by atoms with Crippen molar-refractivity contribution >= 4 is 23.4 Å². The summed E-state index contributed by atoms with van der Waals surface area (Å²) >= 11 is 1.20. The first-order valence-corrected chi connectivity index (χ1v) is 10.9. The molecule has 0 amide bonds. The minimum atomic E-state index is -0.716. The van der Waals surface area contributed by atoms with Crippen LogP contribution in [0.1, 0.15) is 31.0 Å². The number of para-hydroxylation sites is 1. The molecule has 2 aromatic carbocycles. The van der Waals surface area contributed by atoms with E-state index in [1.807, 2.05) is 12.1 Å². The third kappa shape index (κ3) is 3.85. The van der Waals surface area contributed by atoms with Crippen molar-refractivity contribution < 1.29 is 19.4 Å². The van der Waals surface area contributed by atoms with Crippen LogP contribution in [-0.2, 0) is 9.53 Å². The Balaban J connectivity index is 1.98. The lowest BCUT2D eigenvalue weighted by Gasteiger charge is -2.25. The van der Waals surface area contributed by atoms with E-state index in [1.54, 1.807) is 63.4 Å². The van der Waals surface area contributed by atoms with Gasteiger partial charge in [-0.05, 0) is 43.7 Å². The molecule has 4 rings (SSSR count). The van der Waals surface area contributed by atoms with Gasteiger partial charge in [0.05, 0.1) is 35.6 Å². The van der Waals surface area contributed by atoms with Crippen LogP contribution in [-0.4, -0.2) is 29.4 Å². The first-order chi connectivity index (χ1) is 15.4. The largest absolute Gasteiger partial charge is 0.507 e. The highest BCUT2D eigenvalue weighted by molar-refractivity contribution is 7.07. The number of hydrogen-bond acceptors (Lipinski definition) is 7. The van der Waals surface area contributed by atoms with Gasteiger partial charge in [-0.3, -0.25) is 9.36 Å². The standard InChI is InChI=1S/C24H22N2O5S/c1-4-31-23(29)20-14(2)25-24-26(21(20)16-9-7-10-17(12-16)30-3)22(28)19(32-24)13-15-8-5-6-11-18(15)27/h5-13,21,27H,4H2,1-3H3/b19-13-/t21-/m1/s1. The summed E-state index contributed by atoms with van der Waals surface area (Å²) in [7, 11) is 1.56. The number of phenols is 1. The smallest absolute Gasteiger partial charge is 0.338 e. The highest BCUT2D eigenvalue weighted by Crippen LogP contribution is 2.32. The minimum absolute atomic E-state index is 0.0751. The summed E-state index contributed by atoms with van der Waals surface area (Å²) in [5, 5.41) is 10.1. The number of fused-ring (bicyclic) bond motifs is 1. The van der Waals surface area contributed by atoms with Gasteiger partial charge in [-0.1, -0.05) is 41.7 Å². The monoisotopic (exact) mass is 450 g/mol. The molecular formula is C24H22N2O5S. The first-order valence-electron chi connectivity index (χ1n) is 10.1. The van der Waals surface area contributed by atoms with E-state index >= 15 is 0 Å². The van der Waals surface area contributed by atoms with Crippen LogP contribution in [0, 0.1) is 0 Å². The number of aromatic hydroxyl groups is 1. The zero-order valence-corrected chi connectivity index (χ0v) is 18.7. The van der Waals surface area contributed by atoms with Crippen LogP contribution >= 0.6 is 11.3 Å². The Morgan fingerprint density at radius 3 is 2.75 bits per heavy atom. The molecule has 2 heterocycles. The fourth-order valence-corrected chi connectivity index (χ4v) is 4.71. The average molecular weight is 451 g/mol. The first kappa shape index (κ1) is 21.6. The molecule has 1 N–H and O–H groups in total. The maximum absolute atomic E-state index is 13.5. The van der Waals surface area contributed by atoms with E-state index < -0.39 is 12.0 Å². The maximum atomic E-state index is 13.5. The average Bonchev–Trinajstić information content (AvgIpc) is 3.09. The van der Waals surface area contributed by atoms with Crippen molar-refractivity contribution in [2.45, 2.75) is 19.9 Å². The molecule has 164 valence electrons. The van der Waals surface area contributed by atoms with Gasteiger partial charge in [0.1, 0.15) is 11.5 Å². The number of aromatic nitrogens is 1. The van der Waals surface area contributed by atoms with Crippen molar-refractivity contribution in [3.05, 3.63) is 90.6 Å². The van der Waals surface area contributed by atoms with Crippen molar-refractivity contribution in [2.75, 3.05) is 13.7 Å². The highest BCUT2D eigenvalue weighted by atomic mass is 32.1. The van der Waals surface area contributed by atoms with E-state index in [0.29, 0.717) is 37.5 Å². The van der Waals surface area contributed by atoms with Crippen molar-refractivity contribution in [1.29, 1.82) is 0 Å². The maximum Gasteiger partial charge on any atom is 0.338 e. The number of allylic oxidation sites excluding steroid dienone is 1. The molecule has 1 aromatic heterocycles. The lowest BCUT2D eigenvalue weighted by molar-refractivity contribution is -0.139. The van der Waals surface area contributed by atoms with Crippen LogP contribution in [0.3, 0.4) is 0 Å². The van der Waals surface area contributed by atoms with Gasteiger partial charge in [0.25, 0.3) is 5.56 Å². The summed E-state index contributed by atoms with van der Waals surface area (Å²) in [5.74, 6) is 0.166. The number of carbonyl (C=O) groups is 1. The molecule has 0 saturated carbocycles. The predicted molar refractivity (Wildman–Crippen MR) is 121 cm³/mol. The van der Waals surface area contributed by atoms with Gasteiger partial charge in [0.2, 0.25) is 0 Å². The van der Waals surface area contributed by atoms with E-state index in [-0.39, 0.29) is 17.9 Å². The Morgan fingerprint density at radius 1 is 1.25 bits per heavy atom. The normalized spacial score (nSPS) is 15.8. The molecule has 1 atom stereocenters. The lowest BCUT2D eigenvalue weighted by Crippen LogP contribution is -2.39. The topological polar surface area (TPSA) is 90.1 Å². The van der Waals surface area contributed by atoms with E-state index in [4.69, 9.17) is 9.47 Å². The third-order valence-electron chi connectivity index (χ3n) is 5.15. The molecule has 7 nitrogen and oxygen atoms in total. The van der Waals surface area contributed by atoms with Gasteiger partial charge in [-0.2, -0.15) is 0 Å². The van der Waals surface area contributed by atoms with E-state index in [0.717, 1.165) is 0 Å². The van der Waals surface area contributed by atoms with Crippen LogP contribution < -0.4 is 19.6 Å². The molecule has 0 unspecified atom stereocenters. The summed E-state index contributed by atoms with van der Waals surface area (Å²) in [5.41, 5.74) is 1.72. The molecule has 8 heteroatoms. The molecule has 0 bridgehead atoms. The predicted octanol–water partition coefficient (Wildman–Crippen LogP) is 2.51. The van der Waals surface area contributed by atoms with Crippen molar-refractivity contribution in [3.63, 3.8) is 0 Å². The number of phenolic OH excluding ortho intramolecular Hbond substituents is 1.